The molecule has 102 valence electrons. The van der Waals surface area contributed by atoms with Crippen molar-refractivity contribution in [3.05, 3.63) is 34.7 Å². The number of aliphatic hydroxyl groups is 1. The quantitative estimate of drug-likeness (QED) is 0.896. The molecule has 0 aromatic carbocycles. The zero-order valence-corrected chi connectivity index (χ0v) is 11.6. The molecule has 0 aliphatic heterocycles. The maximum absolute atomic E-state index is 12.2. The van der Waals surface area contributed by atoms with Crippen molar-refractivity contribution in [1.29, 1.82) is 0 Å². The number of aromatic nitrogens is 2. The van der Waals surface area contributed by atoms with Gasteiger partial charge in [-0.2, -0.15) is 0 Å². The van der Waals surface area contributed by atoms with E-state index in [9.17, 15) is 9.90 Å². The number of rotatable bonds is 4. The van der Waals surface area contributed by atoms with Crippen molar-refractivity contribution < 1.29 is 9.90 Å². The molecule has 0 aliphatic carbocycles. The average molecular weight is 282 g/mol. The minimum atomic E-state index is -0.586. The van der Waals surface area contributed by atoms with E-state index >= 15 is 0 Å². The van der Waals surface area contributed by atoms with Crippen LogP contribution in [0.5, 0.6) is 0 Å². The third kappa shape index (κ3) is 2.88. The van der Waals surface area contributed by atoms with Crippen LogP contribution in [0.2, 0.25) is 5.02 Å². The summed E-state index contributed by atoms with van der Waals surface area (Å²) >= 11 is 5.95. The Labute approximate surface area is 116 Å². The SMILES string of the molecule is CCc1nc2ccc(Cl)cn2c1C(=O)NCC(C)O. The second kappa shape index (κ2) is 5.59. The summed E-state index contributed by atoms with van der Waals surface area (Å²) in [5.74, 6) is -0.257. The van der Waals surface area contributed by atoms with E-state index in [-0.39, 0.29) is 12.5 Å². The standard InChI is InChI=1S/C13H16ClN3O2/c1-3-10-12(13(19)15-6-8(2)18)17-7-9(14)4-5-11(17)16-10/h4-5,7-8,18H,3,6H2,1-2H3,(H,15,19). The van der Waals surface area contributed by atoms with E-state index in [0.29, 0.717) is 28.5 Å². The lowest BCUT2D eigenvalue weighted by atomic mass is 10.2. The van der Waals surface area contributed by atoms with Crippen LogP contribution in [-0.2, 0) is 6.42 Å². The number of fused-ring (bicyclic) bond motifs is 1. The van der Waals surface area contributed by atoms with Crippen molar-refractivity contribution in [2.75, 3.05) is 6.54 Å². The monoisotopic (exact) mass is 281 g/mol. The van der Waals surface area contributed by atoms with Gasteiger partial charge in [-0.3, -0.25) is 9.20 Å². The van der Waals surface area contributed by atoms with Gasteiger partial charge >= 0.3 is 0 Å². The summed E-state index contributed by atoms with van der Waals surface area (Å²) in [6, 6.07) is 3.51. The molecule has 2 aromatic heterocycles. The first-order valence-corrected chi connectivity index (χ1v) is 6.53. The lowest BCUT2D eigenvalue weighted by molar-refractivity contribution is 0.0917. The second-order valence-corrected chi connectivity index (χ2v) is 4.83. The molecule has 0 bridgehead atoms. The lowest BCUT2D eigenvalue weighted by Gasteiger charge is -2.08. The predicted octanol–water partition coefficient (Wildman–Crippen LogP) is 1.66. The van der Waals surface area contributed by atoms with Crippen LogP contribution in [0.3, 0.4) is 0 Å². The van der Waals surface area contributed by atoms with Crippen molar-refractivity contribution in [2.45, 2.75) is 26.4 Å². The number of carbonyl (C=O) groups is 1. The fourth-order valence-corrected chi connectivity index (χ4v) is 2.04. The van der Waals surface area contributed by atoms with Gasteiger partial charge < -0.3 is 10.4 Å². The van der Waals surface area contributed by atoms with Gasteiger partial charge in [0.25, 0.3) is 5.91 Å². The van der Waals surface area contributed by atoms with Crippen LogP contribution in [-0.4, -0.2) is 33.0 Å². The lowest BCUT2D eigenvalue weighted by Crippen LogP contribution is -2.32. The molecule has 6 heteroatoms. The number of nitrogens with one attached hydrogen (secondary N) is 1. The molecule has 0 saturated heterocycles. The highest BCUT2D eigenvalue weighted by Crippen LogP contribution is 2.17. The number of hydrogen-bond acceptors (Lipinski definition) is 3. The number of amides is 1. The zero-order chi connectivity index (χ0) is 14.0. The second-order valence-electron chi connectivity index (χ2n) is 4.40. The molecule has 2 aromatic rings. The van der Waals surface area contributed by atoms with Gasteiger partial charge in [0, 0.05) is 12.7 Å². The third-order valence-corrected chi connectivity index (χ3v) is 2.99. The van der Waals surface area contributed by atoms with Crippen molar-refractivity contribution in [3.63, 3.8) is 0 Å². The van der Waals surface area contributed by atoms with E-state index in [0.717, 1.165) is 0 Å². The number of aryl methyl sites for hydroxylation is 1. The van der Waals surface area contributed by atoms with Crippen molar-refractivity contribution in [3.8, 4) is 0 Å². The minimum absolute atomic E-state index is 0.204. The molecule has 0 spiro atoms. The first-order valence-electron chi connectivity index (χ1n) is 6.15. The van der Waals surface area contributed by atoms with Gasteiger partial charge in [0.2, 0.25) is 0 Å². The highest BCUT2D eigenvalue weighted by atomic mass is 35.5. The first kappa shape index (κ1) is 13.8. The molecule has 2 heterocycles. The maximum Gasteiger partial charge on any atom is 0.270 e. The predicted molar refractivity (Wildman–Crippen MR) is 73.6 cm³/mol. The molecular weight excluding hydrogens is 266 g/mol. The Morgan fingerprint density at radius 3 is 2.95 bits per heavy atom. The topological polar surface area (TPSA) is 66.6 Å². The Balaban J connectivity index is 2.44. The van der Waals surface area contributed by atoms with Gasteiger partial charge in [-0.05, 0) is 25.5 Å². The average Bonchev–Trinajstić information content (AvgIpc) is 2.73. The summed E-state index contributed by atoms with van der Waals surface area (Å²) < 4.78 is 1.68. The van der Waals surface area contributed by atoms with Crippen LogP contribution in [0.25, 0.3) is 5.65 Å². The third-order valence-electron chi connectivity index (χ3n) is 2.76. The smallest absolute Gasteiger partial charge is 0.270 e. The van der Waals surface area contributed by atoms with E-state index in [2.05, 4.69) is 10.3 Å². The van der Waals surface area contributed by atoms with Crippen LogP contribution in [0.4, 0.5) is 0 Å². The molecule has 2 N–H and O–H groups in total. The van der Waals surface area contributed by atoms with Gasteiger partial charge in [0.05, 0.1) is 16.8 Å². The van der Waals surface area contributed by atoms with Crippen molar-refractivity contribution >= 4 is 23.2 Å². The number of aliphatic hydroxyl groups excluding tert-OH is 1. The number of carbonyl (C=O) groups excluding carboxylic acids is 1. The molecule has 0 fully saturated rings. The first-order chi connectivity index (χ1) is 9.02. The molecule has 5 nitrogen and oxygen atoms in total. The number of nitrogens with zero attached hydrogens (tertiary/aromatic N) is 2. The van der Waals surface area contributed by atoms with E-state index < -0.39 is 6.10 Å². The molecule has 1 atom stereocenters. The summed E-state index contributed by atoms with van der Waals surface area (Å²) in [4.78, 5) is 16.6. The fourth-order valence-electron chi connectivity index (χ4n) is 1.88. The summed E-state index contributed by atoms with van der Waals surface area (Å²) in [5, 5.41) is 12.4. The molecule has 2 rings (SSSR count). The molecule has 0 saturated carbocycles. The number of imidazole rings is 1. The van der Waals surface area contributed by atoms with E-state index in [1.807, 2.05) is 6.92 Å². The van der Waals surface area contributed by atoms with Crippen LogP contribution in [0, 0.1) is 0 Å². The molecule has 0 aliphatic rings. The van der Waals surface area contributed by atoms with Gasteiger partial charge in [0.15, 0.2) is 0 Å². The highest BCUT2D eigenvalue weighted by molar-refractivity contribution is 6.30. The van der Waals surface area contributed by atoms with Gasteiger partial charge in [-0.1, -0.05) is 18.5 Å². The van der Waals surface area contributed by atoms with Gasteiger partial charge in [-0.25, -0.2) is 4.98 Å². The molecule has 1 amide bonds. The molecule has 0 radical (unpaired) electrons. The number of halogens is 1. The van der Waals surface area contributed by atoms with E-state index in [1.165, 1.54) is 0 Å². The Kier molecular flexibility index (Phi) is 4.07. The van der Waals surface area contributed by atoms with Gasteiger partial charge in [0.1, 0.15) is 11.3 Å². The Morgan fingerprint density at radius 2 is 2.32 bits per heavy atom. The normalized spacial score (nSPS) is 12.6. The minimum Gasteiger partial charge on any atom is -0.392 e. The largest absolute Gasteiger partial charge is 0.392 e. The van der Waals surface area contributed by atoms with Crippen molar-refractivity contribution in [1.82, 2.24) is 14.7 Å². The van der Waals surface area contributed by atoms with Crippen LogP contribution in [0.1, 0.15) is 30.0 Å². The number of hydrogen-bond donors (Lipinski definition) is 2. The van der Waals surface area contributed by atoms with E-state index in [1.54, 1.807) is 29.7 Å². The zero-order valence-electron chi connectivity index (χ0n) is 10.9. The maximum atomic E-state index is 12.2. The summed E-state index contributed by atoms with van der Waals surface area (Å²) in [7, 11) is 0. The highest BCUT2D eigenvalue weighted by Gasteiger charge is 2.18. The molecule has 19 heavy (non-hydrogen) atoms. The molecule has 1 unspecified atom stereocenters. The van der Waals surface area contributed by atoms with Crippen LogP contribution in [0.15, 0.2) is 18.3 Å². The fraction of sp³-hybridized carbons (Fsp3) is 0.385. The molecular formula is C13H16ClN3O2. The Bertz CT molecular complexity index is 607. The summed E-state index contributed by atoms with van der Waals surface area (Å²) in [6.07, 6.45) is 1.73. The van der Waals surface area contributed by atoms with Gasteiger partial charge in [-0.15, -0.1) is 0 Å². The summed E-state index contributed by atoms with van der Waals surface area (Å²) in [6.45, 7) is 3.76. The van der Waals surface area contributed by atoms with Crippen LogP contribution >= 0.6 is 11.6 Å². The summed E-state index contributed by atoms with van der Waals surface area (Å²) in [5.41, 5.74) is 1.87. The Morgan fingerprint density at radius 1 is 1.58 bits per heavy atom. The van der Waals surface area contributed by atoms with Crippen LogP contribution < -0.4 is 5.32 Å². The van der Waals surface area contributed by atoms with Crippen molar-refractivity contribution in [2.24, 2.45) is 0 Å². The van der Waals surface area contributed by atoms with E-state index in [4.69, 9.17) is 11.6 Å². The Hall–Kier alpha value is -1.59. The number of pyridine rings is 1.